The molecule has 1 N–H and O–H groups in total. The second kappa shape index (κ2) is 6.59. The number of fused-ring (bicyclic) bond motifs is 1. The average Bonchev–Trinajstić information content (AvgIpc) is 3.22. The first-order valence-electron chi connectivity index (χ1n) is 8.64. The van der Waals surface area contributed by atoms with Crippen LogP contribution in [0, 0.1) is 6.92 Å². The Morgan fingerprint density at radius 2 is 2.00 bits per heavy atom. The summed E-state index contributed by atoms with van der Waals surface area (Å²) in [5, 5.41) is 3.11. The minimum Gasteiger partial charge on any atom is -0.350 e. The zero-order valence-electron chi connectivity index (χ0n) is 14.6. The Labute approximate surface area is 152 Å². The zero-order valence-corrected chi connectivity index (χ0v) is 14.6. The summed E-state index contributed by atoms with van der Waals surface area (Å²) in [4.78, 5) is 22.0. The Kier molecular flexibility index (Phi) is 4.13. The van der Waals surface area contributed by atoms with Crippen molar-refractivity contribution in [1.29, 1.82) is 0 Å². The van der Waals surface area contributed by atoms with Crippen LogP contribution in [-0.4, -0.2) is 21.7 Å². The lowest BCUT2D eigenvalue weighted by molar-refractivity contribution is -0.128. The van der Waals surface area contributed by atoms with Crippen LogP contribution in [0.15, 0.2) is 72.2 Å². The van der Waals surface area contributed by atoms with E-state index in [1.54, 1.807) is 12.5 Å². The number of hydrogen-bond donors (Lipinski definition) is 1. The van der Waals surface area contributed by atoms with Gasteiger partial charge in [0.15, 0.2) is 5.54 Å². The number of hydrogen-bond acceptors (Lipinski definition) is 3. The Morgan fingerprint density at radius 1 is 1.19 bits per heavy atom. The third-order valence-electron chi connectivity index (χ3n) is 4.86. The number of para-hydroxylation sites is 1. The number of benzene rings is 2. The van der Waals surface area contributed by atoms with Gasteiger partial charge in [0.2, 0.25) is 0 Å². The fourth-order valence-corrected chi connectivity index (χ4v) is 3.42. The molecule has 1 amide bonds. The van der Waals surface area contributed by atoms with Crippen LogP contribution in [0.2, 0.25) is 0 Å². The number of aromatic nitrogens is 2. The predicted octanol–water partition coefficient (Wildman–Crippen LogP) is 3.36. The molecule has 1 aromatic heterocycles. The Morgan fingerprint density at radius 3 is 2.77 bits per heavy atom. The van der Waals surface area contributed by atoms with E-state index in [-0.39, 0.29) is 5.91 Å². The third-order valence-corrected chi connectivity index (χ3v) is 4.86. The first-order chi connectivity index (χ1) is 12.7. The molecule has 1 atom stereocenters. The molecule has 2 heterocycles. The van der Waals surface area contributed by atoms with Crippen LogP contribution in [0.3, 0.4) is 0 Å². The van der Waals surface area contributed by atoms with Crippen LogP contribution in [0.25, 0.3) is 0 Å². The normalized spacial score (nSPS) is 18.3. The van der Waals surface area contributed by atoms with Crippen molar-refractivity contribution < 1.29 is 4.79 Å². The number of nitrogens with one attached hydrogen (secondary N) is 1. The number of aryl methyl sites for hydroxylation is 1. The molecule has 0 fully saturated rings. The molecule has 1 unspecified atom stereocenters. The highest BCUT2D eigenvalue weighted by atomic mass is 16.2. The Balaban J connectivity index is 1.70. The van der Waals surface area contributed by atoms with Gasteiger partial charge < -0.3 is 9.88 Å². The summed E-state index contributed by atoms with van der Waals surface area (Å²) in [5.41, 5.74) is 3.11. The third kappa shape index (κ3) is 2.71. The maximum atomic E-state index is 13.4. The van der Waals surface area contributed by atoms with Crippen LogP contribution in [0.1, 0.15) is 23.1 Å². The van der Waals surface area contributed by atoms with Gasteiger partial charge in [0.1, 0.15) is 0 Å². The molecule has 0 saturated carbocycles. The smallest absolute Gasteiger partial charge is 0.251 e. The van der Waals surface area contributed by atoms with E-state index >= 15 is 0 Å². The summed E-state index contributed by atoms with van der Waals surface area (Å²) in [6, 6.07) is 16.0. The number of carbonyl (C=O) groups excluding carboxylic acids is 1. The van der Waals surface area contributed by atoms with Crippen molar-refractivity contribution in [1.82, 2.24) is 14.9 Å². The summed E-state index contributed by atoms with van der Waals surface area (Å²) < 4.78 is 1.88. The maximum Gasteiger partial charge on any atom is 0.251 e. The van der Waals surface area contributed by atoms with Gasteiger partial charge in [-0.2, -0.15) is 0 Å². The van der Waals surface area contributed by atoms with Crippen molar-refractivity contribution in [3.05, 3.63) is 83.9 Å². The number of carbonyl (C=O) groups is 1. The Bertz CT molecular complexity index is 944. The van der Waals surface area contributed by atoms with E-state index in [0.29, 0.717) is 13.0 Å². The van der Waals surface area contributed by atoms with E-state index in [2.05, 4.69) is 34.3 Å². The number of rotatable bonds is 4. The molecule has 0 saturated heterocycles. The summed E-state index contributed by atoms with van der Waals surface area (Å²) in [6.45, 7) is 2.53. The van der Waals surface area contributed by atoms with Gasteiger partial charge in [-0.15, -0.1) is 0 Å². The Hall–Kier alpha value is -3.21. The fourth-order valence-electron chi connectivity index (χ4n) is 3.42. The van der Waals surface area contributed by atoms with Crippen LogP contribution in [0.4, 0.5) is 5.69 Å². The highest BCUT2D eigenvalue weighted by molar-refractivity contribution is 5.94. The summed E-state index contributed by atoms with van der Waals surface area (Å²) in [5.74, 6) is -0.0605. The van der Waals surface area contributed by atoms with Gasteiger partial charge >= 0.3 is 0 Å². The highest BCUT2D eigenvalue weighted by Crippen LogP contribution is 2.39. The van der Waals surface area contributed by atoms with E-state index in [1.165, 1.54) is 5.56 Å². The van der Waals surface area contributed by atoms with Crippen LogP contribution >= 0.6 is 0 Å². The minimum absolute atomic E-state index is 0.0605. The van der Waals surface area contributed by atoms with Crippen molar-refractivity contribution in [3.8, 4) is 0 Å². The van der Waals surface area contributed by atoms with Gasteiger partial charge in [-0.3, -0.25) is 9.79 Å². The van der Waals surface area contributed by atoms with Gasteiger partial charge in [0, 0.05) is 37.1 Å². The molecule has 0 spiro atoms. The SMILES string of the molecule is Cc1ccc(CNC(=O)C2(n3ccnc3)CC=Nc3ccccc32)cc1. The van der Waals surface area contributed by atoms with Crippen molar-refractivity contribution in [2.45, 2.75) is 25.4 Å². The quantitative estimate of drug-likeness (QED) is 0.789. The highest BCUT2D eigenvalue weighted by Gasteiger charge is 2.44. The molecular formula is C21H20N4O. The zero-order chi connectivity index (χ0) is 18.0. The van der Waals surface area contributed by atoms with E-state index in [1.807, 2.05) is 53.4 Å². The van der Waals surface area contributed by atoms with Gasteiger partial charge in [0.25, 0.3) is 5.91 Å². The summed E-state index contributed by atoms with van der Waals surface area (Å²) >= 11 is 0. The van der Waals surface area contributed by atoms with Crippen LogP contribution in [-0.2, 0) is 16.9 Å². The molecule has 5 heteroatoms. The van der Waals surface area contributed by atoms with Gasteiger partial charge in [-0.05, 0) is 18.6 Å². The standard InChI is InChI=1S/C21H20N4O/c1-16-6-8-17(9-7-16)14-24-20(26)21(25-13-12-22-15-25)10-11-23-19-5-3-2-4-18(19)21/h2-9,11-13,15H,10,14H2,1H3,(H,24,26). The first-order valence-corrected chi connectivity index (χ1v) is 8.64. The fraction of sp³-hybridized carbons (Fsp3) is 0.190. The van der Waals surface area contributed by atoms with Crippen molar-refractivity contribution in [2.75, 3.05) is 0 Å². The summed E-state index contributed by atoms with van der Waals surface area (Å²) in [6.07, 6.45) is 7.53. The maximum absolute atomic E-state index is 13.4. The number of aliphatic imine (C=N–C) groups is 1. The molecule has 5 nitrogen and oxygen atoms in total. The second-order valence-electron chi connectivity index (χ2n) is 6.53. The molecule has 0 aliphatic carbocycles. The number of nitrogens with zero attached hydrogens (tertiary/aromatic N) is 3. The number of imidazole rings is 1. The lowest BCUT2D eigenvalue weighted by atomic mass is 9.82. The topological polar surface area (TPSA) is 59.3 Å². The lowest BCUT2D eigenvalue weighted by Crippen LogP contribution is -2.50. The molecule has 0 radical (unpaired) electrons. The molecule has 130 valence electrons. The monoisotopic (exact) mass is 344 g/mol. The van der Waals surface area contributed by atoms with E-state index in [0.717, 1.165) is 16.8 Å². The van der Waals surface area contributed by atoms with Gasteiger partial charge in [-0.25, -0.2) is 4.98 Å². The largest absolute Gasteiger partial charge is 0.350 e. The molecule has 2 aromatic carbocycles. The second-order valence-corrected chi connectivity index (χ2v) is 6.53. The van der Waals surface area contributed by atoms with Crippen LogP contribution < -0.4 is 5.32 Å². The van der Waals surface area contributed by atoms with E-state index < -0.39 is 5.54 Å². The van der Waals surface area contributed by atoms with Crippen molar-refractivity contribution >= 4 is 17.8 Å². The van der Waals surface area contributed by atoms with E-state index in [9.17, 15) is 4.79 Å². The molecule has 1 aliphatic heterocycles. The van der Waals surface area contributed by atoms with Crippen molar-refractivity contribution in [3.63, 3.8) is 0 Å². The molecule has 1 aliphatic rings. The van der Waals surface area contributed by atoms with Crippen molar-refractivity contribution in [2.24, 2.45) is 4.99 Å². The molecule has 4 rings (SSSR count). The lowest BCUT2D eigenvalue weighted by Gasteiger charge is -2.36. The van der Waals surface area contributed by atoms with Crippen LogP contribution in [0.5, 0.6) is 0 Å². The van der Waals surface area contributed by atoms with Gasteiger partial charge in [-0.1, -0.05) is 48.0 Å². The molecular weight excluding hydrogens is 324 g/mol. The minimum atomic E-state index is -0.875. The molecule has 26 heavy (non-hydrogen) atoms. The molecule has 0 bridgehead atoms. The van der Waals surface area contributed by atoms with Gasteiger partial charge in [0.05, 0.1) is 12.0 Å². The number of amides is 1. The molecule has 3 aromatic rings. The van der Waals surface area contributed by atoms with E-state index in [4.69, 9.17) is 0 Å². The summed E-state index contributed by atoms with van der Waals surface area (Å²) in [7, 11) is 0. The predicted molar refractivity (Wildman–Crippen MR) is 102 cm³/mol. The first kappa shape index (κ1) is 16.3. The average molecular weight is 344 g/mol.